The fraction of sp³-hybridized carbons (Fsp3) is 0.625. The lowest BCUT2D eigenvalue weighted by Gasteiger charge is -2.32. The van der Waals surface area contributed by atoms with Crippen molar-refractivity contribution < 1.29 is 23.9 Å². The number of piperidine rings is 1. The molecule has 2 N–H and O–H groups in total. The molecule has 0 bridgehead atoms. The van der Waals surface area contributed by atoms with E-state index < -0.39 is 11.7 Å². The van der Waals surface area contributed by atoms with E-state index in [2.05, 4.69) is 10.6 Å². The van der Waals surface area contributed by atoms with E-state index in [1.165, 1.54) is 0 Å². The predicted octanol–water partition coefficient (Wildman–Crippen LogP) is 3.18. The van der Waals surface area contributed by atoms with Crippen LogP contribution in [0.15, 0.2) is 24.3 Å². The van der Waals surface area contributed by atoms with Crippen molar-refractivity contribution in [2.24, 2.45) is 0 Å². The topological polar surface area (TPSA) is 97.0 Å². The summed E-state index contributed by atoms with van der Waals surface area (Å²) >= 11 is 0. The van der Waals surface area contributed by atoms with Gasteiger partial charge in [0.1, 0.15) is 11.4 Å². The minimum Gasteiger partial charge on any atom is -0.493 e. The van der Waals surface area contributed by atoms with Crippen LogP contribution in [0, 0.1) is 6.92 Å². The van der Waals surface area contributed by atoms with Crippen LogP contribution in [-0.2, 0) is 14.3 Å². The van der Waals surface area contributed by atoms with Crippen LogP contribution < -0.4 is 15.4 Å². The van der Waals surface area contributed by atoms with Crippen LogP contribution in [0.5, 0.6) is 5.75 Å². The summed E-state index contributed by atoms with van der Waals surface area (Å²) in [4.78, 5) is 38.0. The Morgan fingerprint density at radius 3 is 2.44 bits per heavy atom. The molecule has 0 aliphatic carbocycles. The Morgan fingerprint density at radius 1 is 1.09 bits per heavy atom. The average Bonchev–Trinajstić information content (AvgIpc) is 2.71. The maximum Gasteiger partial charge on any atom is 0.407 e. The van der Waals surface area contributed by atoms with Crippen molar-refractivity contribution in [2.75, 3.05) is 26.2 Å². The van der Waals surface area contributed by atoms with Crippen LogP contribution in [0.4, 0.5) is 4.79 Å². The molecule has 1 aromatic rings. The number of para-hydroxylation sites is 1. The summed E-state index contributed by atoms with van der Waals surface area (Å²) in [5, 5.41) is 5.67. The highest BCUT2D eigenvalue weighted by Gasteiger charge is 2.24. The zero-order valence-corrected chi connectivity index (χ0v) is 19.7. The third-order valence-electron chi connectivity index (χ3n) is 5.12. The summed E-state index contributed by atoms with van der Waals surface area (Å²) in [6.07, 6.45) is 2.25. The summed E-state index contributed by atoms with van der Waals surface area (Å²) < 4.78 is 10.9. The predicted molar refractivity (Wildman–Crippen MR) is 123 cm³/mol. The lowest BCUT2D eigenvalue weighted by Crippen LogP contribution is -2.47. The number of benzene rings is 1. The fourth-order valence-corrected chi connectivity index (χ4v) is 3.45. The molecule has 1 aliphatic heterocycles. The Hall–Kier alpha value is -2.77. The molecule has 8 heteroatoms. The van der Waals surface area contributed by atoms with Gasteiger partial charge >= 0.3 is 6.09 Å². The van der Waals surface area contributed by atoms with Gasteiger partial charge in [0, 0.05) is 38.5 Å². The molecule has 1 heterocycles. The molecule has 3 amide bonds. The molecular formula is C24H37N3O5. The zero-order chi connectivity index (χ0) is 23.6. The lowest BCUT2D eigenvalue weighted by molar-refractivity contribution is -0.132. The van der Waals surface area contributed by atoms with Gasteiger partial charge in [0.15, 0.2) is 0 Å². The molecule has 0 radical (unpaired) electrons. The van der Waals surface area contributed by atoms with Crippen molar-refractivity contribution in [2.45, 2.75) is 71.4 Å². The smallest absolute Gasteiger partial charge is 0.407 e. The first-order chi connectivity index (χ1) is 15.1. The van der Waals surface area contributed by atoms with Gasteiger partial charge < -0.3 is 25.0 Å². The highest BCUT2D eigenvalue weighted by molar-refractivity contribution is 5.78. The highest BCUT2D eigenvalue weighted by atomic mass is 16.6. The van der Waals surface area contributed by atoms with Gasteiger partial charge in [-0.25, -0.2) is 4.79 Å². The number of carbonyl (C=O) groups excluding carboxylic acids is 3. The molecule has 1 fully saturated rings. The molecule has 0 unspecified atom stereocenters. The number of rotatable bonds is 9. The van der Waals surface area contributed by atoms with Crippen molar-refractivity contribution in [1.82, 2.24) is 15.5 Å². The number of nitrogens with zero attached hydrogens (tertiary/aromatic N) is 1. The van der Waals surface area contributed by atoms with E-state index in [1.807, 2.05) is 31.2 Å². The van der Waals surface area contributed by atoms with Gasteiger partial charge in [-0.3, -0.25) is 9.59 Å². The first-order valence-corrected chi connectivity index (χ1v) is 11.4. The molecule has 32 heavy (non-hydrogen) atoms. The van der Waals surface area contributed by atoms with E-state index in [1.54, 1.807) is 25.7 Å². The Labute approximate surface area is 191 Å². The SMILES string of the molecule is Cc1ccccc1OCCCC(=O)NC1CCN(C(=O)CCNC(=O)OC(C)(C)C)CC1. The number of likely N-dealkylation sites (tertiary alicyclic amines) is 1. The number of amides is 3. The molecule has 1 saturated heterocycles. The number of carbonyl (C=O) groups is 3. The van der Waals surface area contributed by atoms with Crippen molar-refractivity contribution in [3.8, 4) is 5.75 Å². The number of nitrogens with one attached hydrogen (secondary N) is 2. The molecule has 8 nitrogen and oxygen atoms in total. The van der Waals surface area contributed by atoms with E-state index in [0.29, 0.717) is 32.5 Å². The van der Waals surface area contributed by atoms with Crippen LogP contribution in [0.25, 0.3) is 0 Å². The van der Waals surface area contributed by atoms with Crippen molar-refractivity contribution >= 4 is 17.9 Å². The first kappa shape index (κ1) is 25.5. The number of hydrogen-bond donors (Lipinski definition) is 2. The van der Waals surface area contributed by atoms with Crippen LogP contribution in [0.1, 0.15) is 58.4 Å². The number of aryl methyl sites for hydroxylation is 1. The van der Waals surface area contributed by atoms with E-state index in [9.17, 15) is 14.4 Å². The van der Waals surface area contributed by atoms with Crippen LogP contribution in [0.3, 0.4) is 0 Å². The monoisotopic (exact) mass is 447 g/mol. The Morgan fingerprint density at radius 2 is 1.78 bits per heavy atom. The Bertz CT molecular complexity index is 767. The van der Waals surface area contributed by atoms with E-state index in [0.717, 1.165) is 24.2 Å². The average molecular weight is 448 g/mol. The van der Waals surface area contributed by atoms with Gasteiger partial charge in [-0.2, -0.15) is 0 Å². The molecule has 2 rings (SSSR count). The second kappa shape index (κ2) is 12.3. The molecule has 1 aliphatic rings. The maximum absolute atomic E-state index is 12.3. The second-order valence-corrected chi connectivity index (χ2v) is 9.12. The molecule has 178 valence electrons. The van der Waals surface area contributed by atoms with E-state index in [-0.39, 0.29) is 30.8 Å². The zero-order valence-electron chi connectivity index (χ0n) is 19.7. The van der Waals surface area contributed by atoms with E-state index in [4.69, 9.17) is 9.47 Å². The summed E-state index contributed by atoms with van der Waals surface area (Å²) in [5.74, 6) is 0.871. The summed E-state index contributed by atoms with van der Waals surface area (Å²) in [5.41, 5.74) is 0.521. The van der Waals surface area contributed by atoms with Crippen molar-refractivity contribution in [3.05, 3.63) is 29.8 Å². The summed E-state index contributed by atoms with van der Waals surface area (Å²) in [7, 11) is 0. The second-order valence-electron chi connectivity index (χ2n) is 9.12. The lowest BCUT2D eigenvalue weighted by atomic mass is 10.0. The van der Waals surface area contributed by atoms with E-state index >= 15 is 0 Å². The van der Waals surface area contributed by atoms with Crippen molar-refractivity contribution in [3.63, 3.8) is 0 Å². The summed E-state index contributed by atoms with van der Waals surface area (Å²) in [6.45, 7) is 9.33. The third kappa shape index (κ3) is 9.58. The fourth-order valence-electron chi connectivity index (χ4n) is 3.45. The quantitative estimate of drug-likeness (QED) is 0.567. The molecule has 1 aromatic carbocycles. The molecule has 0 aromatic heterocycles. The minimum absolute atomic E-state index is 0.000751. The van der Waals surface area contributed by atoms with Gasteiger partial charge in [-0.05, 0) is 58.6 Å². The Balaban J connectivity index is 1.57. The van der Waals surface area contributed by atoms with Crippen LogP contribution in [0.2, 0.25) is 0 Å². The van der Waals surface area contributed by atoms with Gasteiger partial charge in [-0.15, -0.1) is 0 Å². The number of alkyl carbamates (subject to hydrolysis) is 1. The van der Waals surface area contributed by atoms with Gasteiger partial charge in [0.2, 0.25) is 11.8 Å². The number of ether oxygens (including phenoxy) is 2. The standard InChI is InChI=1S/C24H37N3O5/c1-18-8-5-6-9-20(18)31-17-7-10-21(28)26-19-12-15-27(16-13-19)22(29)11-14-25-23(30)32-24(2,3)4/h5-6,8-9,19H,7,10-17H2,1-4H3,(H,25,30)(H,26,28). The van der Waals surface area contributed by atoms with Gasteiger partial charge in [0.25, 0.3) is 0 Å². The summed E-state index contributed by atoms with van der Waals surface area (Å²) in [6, 6.07) is 7.91. The van der Waals surface area contributed by atoms with Gasteiger partial charge in [0.05, 0.1) is 6.61 Å². The van der Waals surface area contributed by atoms with Crippen LogP contribution >= 0.6 is 0 Å². The van der Waals surface area contributed by atoms with Gasteiger partial charge in [-0.1, -0.05) is 18.2 Å². The van der Waals surface area contributed by atoms with Crippen molar-refractivity contribution in [1.29, 1.82) is 0 Å². The maximum atomic E-state index is 12.3. The molecular weight excluding hydrogens is 410 g/mol. The largest absolute Gasteiger partial charge is 0.493 e. The minimum atomic E-state index is -0.561. The normalized spacial score (nSPS) is 14.6. The molecule has 0 spiro atoms. The molecule has 0 saturated carbocycles. The number of hydrogen-bond acceptors (Lipinski definition) is 5. The first-order valence-electron chi connectivity index (χ1n) is 11.4. The molecule has 0 atom stereocenters. The third-order valence-corrected chi connectivity index (χ3v) is 5.12. The Kier molecular flexibility index (Phi) is 9.81. The highest BCUT2D eigenvalue weighted by Crippen LogP contribution is 2.16. The van der Waals surface area contributed by atoms with Crippen LogP contribution in [-0.4, -0.2) is 60.7 Å².